The number of hydrogen-bond donors (Lipinski definition) is 2. The Morgan fingerprint density at radius 2 is 1.29 bits per heavy atom. The van der Waals surface area contributed by atoms with Crippen molar-refractivity contribution in [2.45, 2.75) is 0 Å². The van der Waals surface area contributed by atoms with Crippen molar-refractivity contribution in [2.24, 2.45) is 5.73 Å². The van der Waals surface area contributed by atoms with E-state index in [0.29, 0.717) is 5.56 Å². The molecular weight excluding hydrogens is 348 g/mol. The van der Waals surface area contributed by atoms with E-state index in [4.69, 9.17) is 5.73 Å². The molecule has 0 saturated carbocycles. The zero-order valence-electron chi connectivity index (χ0n) is 15.1. The second kappa shape index (κ2) is 7.37. The van der Waals surface area contributed by atoms with Gasteiger partial charge in [-0.05, 0) is 51.4 Å². The molecule has 4 aromatic rings. The summed E-state index contributed by atoms with van der Waals surface area (Å²) in [7, 11) is 0. The quantitative estimate of drug-likeness (QED) is 0.419. The molecule has 0 radical (unpaired) electrons. The smallest absolute Gasteiger partial charge is 0.265 e. The number of carbonyl (C=O) groups excluding carboxylic acids is 2. The van der Waals surface area contributed by atoms with Crippen molar-refractivity contribution in [2.75, 3.05) is 0 Å². The zero-order valence-corrected chi connectivity index (χ0v) is 15.1. The molecule has 136 valence electrons. The number of carbonyl (C=O) groups is 2. The average Bonchev–Trinajstić information content (AvgIpc) is 2.73. The van der Waals surface area contributed by atoms with E-state index in [1.54, 1.807) is 30.3 Å². The van der Waals surface area contributed by atoms with E-state index in [0.717, 1.165) is 27.1 Å². The van der Waals surface area contributed by atoms with Gasteiger partial charge in [-0.1, -0.05) is 66.7 Å². The summed E-state index contributed by atoms with van der Waals surface area (Å²) in [5.41, 5.74) is 6.93. The predicted octanol–water partition coefficient (Wildman–Crippen LogP) is 4.25. The molecule has 0 unspecified atom stereocenters. The number of amides is 2. The van der Waals surface area contributed by atoms with Crippen molar-refractivity contribution in [1.29, 1.82) is 0 Å². The molecule has 0 aliphatic carbocycles. The fourth-order valence-corrected chi connectivity index (χ4v) is 3.30. The Morgan fingerprint density at radius 1 is 0.750 bits per heavy atom. The monoisotopic (exact) mass is 366 g/mol. The number of hydrogen-bond acceptors (Lipinski definition) is 2. The maximum absolute atomic E-state index is 12.5. The largest absolute Gasteiger partial charge is 0.364 e. The maximum Gasteiger partial charge on any atom is 0.265 e. The van der Waals surface area contributed by atoms with E-state index >= 15 is 0 Å². The summed E-state index contributed by atoms with van der Waals surface area (Å²) in [5, 5.41) is 6.71. The molecule has 0 saturated heterocycles. The van der Waals surface area contributed by atoms with Gasteiger partial charge in [0, 0.05) is 5.56 Å². The van der Waals surface area contributed by atoms with Gasteiger partial charge in [-0.2, -0.15) is 0 Å². The maximum atomic E-state index is 12.5. The summed E-state index contributed by atoms with van der Waals surface area (Å²) < 4.78 is 0. The van der Waals surface area contributed by atoms with Crippen LogP contribution in [0.4, 0.5) is 0 Å². The van der Waals surface area contributed by atoms with Crippen molar-refractivity contribution in [1.82, 2.24) is 5.32 Å². The van der Waals surface area contributed by atoms with Crippen LogP contribution in [0, 0.1) is 0 Å². The minimum Gasteiger partial charge on any atom is -0.364 e. The van der Waals surface area contributed by atoms with Crippen LogP contribution in [0.25, 0.3) is 27.6 Å². The molecule has 2 amide bonds. The van der Waals surface area contributed by atoms with Crippen LogP contribution in [0.1, 0.15) is 15.9 Å². The predicted molar refractivity (Wildman–Crippen MR) is 113 cm³/mol. The number of fused-ring (bicyclic) bond motifs is 2. The fraction of sp³-hybridized carbons (Fsp3) is 0. The third-order valence-corrected chi connectivity index (χ3v) is 4.65. The molecule has 0 aliphatic rings. The summed E-state index contributed by atoms with van der Waals surface area (Å²) in [6.07, 6.45) is 1.66. The third kappa shape index (κ3) is 3.35. The summed E-state index contributed by atoms with van der Waals surface area (Å²) in [5.74, 6) is -1.07. The fourth-order valence-electron chi connectivity index (χ4n) is 3.30. The minimum absolute atomic E-state index is 0.0513. The molecule has 0 spiro atoms. The number of rotatable bonds is 4. The lowest BCUT2D eigenvalue weighted by molar-refractivity contribution is -0.114. The van der Waals surface area contributed by atoms with Crippen LogP contribution in [-0.4, -0.2) is 11.8 Å². The van der Waals surface area contributed by atoms with Gasteiger partial charge in [-0.25, -0.2) is 0 Å². The SMILES string of the molecule is NC(=O)/C(=C\c1c2ccccc2cc2ccccc12)NC(=O)c1ccccc1. The van der Waals surface area contributed by atoms with Crippen molar-refractivity contribution in [3.8, 4) is 0 Å². The van der Waals surface area contributed by atoms with E-state index in [2.05, 4.69) is 11.4 Å². The molecule has 0 bridgehead atoms. The van der Waals surface area contributed by atoms with Gasteiger partial charge in [0.2, 0.25) is 0 Å². The van der Waals surface area contributed by atoms with Gasteiger partial charge in [-0.3, -0.25) is 9.59 Å². The van der Waals surface area contributed by atoms with Crippen molar-refractivity contribution >= 4 is 39.4 Å². The van der Waals surface area contributed by atoms with Crippen molar-refractivity contribution < 1.29 is 9.59 Å². The Kier molecular flexibility index (Phi) is 4.60. The van der Waals surface area contributed by atoms with Gasteiger partial charge < -0.3 is 11.1 Å². The molecule has 4 aromatic carbocycles. The van der Waals surface area contributed by atoms with Crippen LogP contribution in [0.2, 0.25) is 0 Å². The lowest BCUT2D eigenvalue weighted by Crippen LogP contribution is -2.31. The normalized spacial score (nSPS) is 11.5. The number of nitrogens with two attached hydrogens (primary N) is 1. The summed E-state index contributed by atoms with van der Waals surface area (Å²) in [4.78, 5) is 24.6. The topological polar surface area (TPSA) is 72.2 Å². The summed E-state index contributed by atoms with van der Waals surface area (Å²) in [6.45, 7) is 0. The van der Waals surface area contributed by atoms with Crippen LogP contribution >= 0.6 is 0 Å². The molecule has 0 aliphatic heterocycles. The van der Waals surface area contributed by atoms with Crippen LogP contribution in [0.3, 0.4) is 0 Å². The summed E-state index contributed by atoms with van der Waals surface area (Å²) in [6, 6.07) is 26.7. The van der Waals surface area contributed by atoms with E-state index in [9.17, 15) is 9.59 Å². The molecule has 0 aromatic heterocycles. The van der Waals surface area contributed by atoms with Gasteiger partial charge in [0.05, 0.1) is 0 Å². The number of primary amides is 1. The first kappa shape index (κ1) is 17.5. The second-order valence-corrected chi connectivity index (χ2v) is 6.47. The number of nitrogens with one attached hydrogen (secondary N) is 1. The Morgan fingerprint density at radius 3 is 1.86 bits per heavy atom. The Hall–Kier alpha value is -3.92. The molecule has 4 nitrogen and oxygen atoms in total. The highest BCUT2D eigenvalue weighted by molar-refractivity contribution is 6.11. The lowest BCUT2D eigenvalue weighted by Gasteiger charge is -2.11. The van der Waals surface area contributed by atoms with E-state index in [1.165, 1.54) is 0 Å². The van der Waals surface area contributed by atoms with Crippen LogP contribution < -0.4 is 11.1 Å². The molecule has 4 rings (SSSR count). The molecule has 4 heteroatoms. The van der Waals surface area contributed by atoms with Crippen LogP contribution in [-0.2, 0) is 4.79 Å². The van der Waals surface area contributed by atoms with Crippen LogP contribution in [0.15, 0.2) is 90.6 Å². The lowest BCUT2D eigenvalue weighted by atomic mass is 9.96. The molecule has 3 N–H and O–H groups in total. The number of benzene rings is 4. The molecular formula is C24H18N2O2. The van der Waals surface area contributed by atoms with E-state index < -0.39 is 5.91 Å². The first-order chi connectivity index (χ1) is 13.6. The Bertz CT molecular complexity index is 1170. The minimum atomic E-state index is -0.693. The molecule has 0 atom stereocenters. The van der Waals surface area contributed by atoms with Crippen molar-refractivity contribution in [3.63, 3.8) is 0 Å². The highest BCUT2D eigenvalue weighted by atomic mass is 16.2. The molecule has 0 heterocycles. The Balaban J connectivity index is 1.87. The first-order valence-electron chi connectivity index (χ1n) is 8.92. The third-order valence-electron chi connectivity index (χ3n) is 4.65. The van der Waals surface area contributed by atoms with Gasteiger partial charge in [0.15, 0.2) is 0 Å². The highest BCUT2D eigenvalue weighted by Gasteiger charge is 2.14. The second-order valence-electron chi connectivity index (χ2n) is 6.47. The van der Waals surface area contributed by atoms with Gasteiger partial charge >= 0.3 is 0 Å². The van der Waals surface area contributed by atoms with E-state index in [1.807, 2.05) is 54.6 Å². The van der Waals surface area contributed by atoms with E-state index in [-0.39, 0.29) is 11.6 Å². The molecule has 28 heavy (non-hydrogen) atoms. The van der Waals surface area contributed by atoms with Gasteiger partial charge in [0.25, 0.3) is 11.8 Å². The highest BCUT2D eigenvalue weighted by Crippen LogP contribution is 2.30. The van der Waals surface area contributed by atoms with Gasteiger partial charge in [-0.15, -0.1) is 0 Å². The molecule has 0 fully saturated rings. The summed E-state index contributed by atoms with van der Waals surface area (Å²) >= 11 is 0. The zero-order chi connectivity index (χ0) is 19.5. The Labute approximate surface area is 162 Å². The first-order valence-corrected chi connectivity index (χ1v) is 8.92. The van der Waals surface area contributed by atoms with Crippen molar-refractivity contribution in [3.05, 3.63) is 102 Å². The van der Waals surface area contributed by atoms with Gasteiger partial charge in [0.1, 0.15) is 5.70 Å². The standard InChI is InChI=1S/C24H18N2O2/c25-23(27)22(26-24(28)16-8-2-1-3-9-16)15-21-19-12-6-4-10-17(19)14-18-11-5-7-13-20(18)21/h1-15H,(H2,25,27)(H,26,28)/b22-15+. The average molecular weight is 366 g/mol. The van der Waals surface area contributed by atoms with Crippen LogP contribution in [0.5, 0.6) is 0 Å².